The molecule has 0 atom stereocenters. The van der Waals surface area contributed by atoms with Crippen LogP contribution in [0.5, 0.6) is 0 Å². The van der Waals surface area contributed by atoms with Gasteiger partial charge in [-0.2, -0.15) is 5.10 Å². The van der Waals surface area contributed by atoms with Crippen LogP contribution in [0.25, 0.3) is 0 Å². The summed E-state index contributed by atoms with van der Waals surface area (Å²) >= 11 is 0. The lowest BCUT2D eigenvalue weighted by molar-refractivity contribution is 0.341. The highest BCUT2D eigenvalue weighted by Crippen LogP contribution is 2.24. The lowest BCUT2D eigenvalue weighted by Crippen LogP contribution is -2.47. The SMILES string of the molecule is CCC(CC)(CC)NS(=O)(=O)c1n[nH]c(C)c1CNC. The van der Waals surface area contributed by atoms with E-state index in [0.717, 1.165) is 25.0 Å². The minimum Gasteiger partial charge on any atom is -0.316 e. The Morgan fingerprint density at radius 1 is 1.20 bits per heavy atom. The van der Waals surface area contributed by atoms with Crippen LogP contribution in [0.2, 0.25) is 0 Å². The maximum Gasteiger partial charge on any atom is 0.260 e. The number of hydrogen-bond donors (Lipinski definition) is 3. The van der Waals surface area contributed by atoms with Gasteiger partial charge in [0.05, 0.1) is 0 Å². The van der Waals surface area contributed by atoms with Gasteiger partial charge in [-0.05, 0) is 33.2 Å². The molecule has 0 aliphatic rings. The average Bonchev–Trinajstić information content (AvgIpc) is 2.79. The molecule has 20 heavy (non-hydrogen) atoms. The Morgan fingerprint density at radius 3 is 2.20 bits per heavy atom. The topological polar surface area (TPSA) is 86.9 Å². The molecule has 7 heteroatoms. The molecular formula is C13H26N4O2S. The summed E-state index contributed by atoms with van der Waals surface area (Å²) in [6.45, 7) is 8.29. The maximum atomic E-state index is 12.6. The summed E-state index contributed by atoms with van der Waals surface area (Å²) in [5.74, 6) is 0. The number of nitrogens with zero attached hydrogens (tertiary/aromatic N) is 1. The summed E-state index contributed by atoms with van der Waals surface area (Å²) < 4.78 is 28.1. The van der Waals surface area contributed by atoms with E-state index in [1.165, 1.54) is 0 Å². The fourth-order valence-corrected chi connectivity index (χ4v) is 4.15. The van der Waals surface area contributed by atoms with E-state index in [4.69, 9.17) is 0 Å². The first-order valence-corrected chi connectivity index (χ1v) is 8.56. The predicted molar refractivity (Wildman–Crippen MR) is 80.0 cm³/mol. The molecule has 0 aliphatic carbocycles. The van der Waals surface area contributed by atoms with Crippen molar-refractivity contribution in [1.29, 1.82) is 0 Å². The number of sulfonamides is 1. The van der Waals surface area contributed by atoms with Crippen LogP contribution in [0, 0.1) is 6.92 Å². The Kier molecular flexibility index (Phi) is 5.73. The van der Waals surface area contributed by atoms with Crippen molar-refractivity contribution < 1.29 is 8.42 Å². The molecule has 1 aromatic heterocycles. The molecule has 0 saturated heterocycles. The van der Waals surface area contributed by atoms with Crippen LogP contribution in [0.4, 0.5) is 0 Å². The highest BCUT2D eigenvalue weighted by Gasteiger charge is 2.33. The number of aromatic nitrogens is 2. The summed E-state index contributed by atoms with van der Waals surface area (Å²) in [6.07, 6.45) is 2.26. The van der Waals surface area contributed by atoms with Crippen molar-refractivity contribution in [3.63, 3.8) is 0 Å². The molecule has 1 aromatic rings. The third-order valence-electron chi connectivity index (χ3n) is 4.03. The van der Waals surface area contributed by atoms with E-state index in [2.05, 4.69) is 20.2 Å². The zero-order valence-corrected chi connectivity index (χ0v) is 13.8. The molecule has 6 nitrogen and oxygen atoms in total. The van der Waals surface area contributed by atoms with E-state index in [1.54, 1.807) is 7.05 Å². The van der Waals surface area contributed by atoms with E-state index in [1.807, 2.05) is 27.7 Å². The lowest BCUT2D eigenvalue weighted by atomic mass is 9.91. The largest absolute Gasteiger partial charge is 0.316 e. The molecule has 0 saturated carbocycles. The molecule has 116 valence electrons. The first-order valence-electron chi connectivity index (χ1n) is 7.08. The van der Waals surface area contributed by atoms with Crippen molar-refractivity contribution in [2.24, 2.45) is 0 Å². The fourth-order valence-electron chi connectivity index (χ4n) is 2.34. The number of hydrogen-bond acceptors (Lipinski definition) is 4. The van der Waals surface area contributed by atoms with Crippen LogP contribution in [0.1, 0.15) is 51.3 Å². The smallest absolute Gasteiger partial charge is 0.260 e. The van der Waals surface area contributed by atoms with Gasteiger partial charge < -0.3 is 5.32 Å². The van der Waals surface area contributed by atoms with Gasteiger partial charge in [0.2, 0.25) is 0 Å². The minimum atomic E-state index is -3.62. The molecule has 0 bridgehead atoms. The van der Waals surface area contributed by atoms with Crippen LogP contribution in [0.15, 0.2) is 5.03 Å². The monoisotopic (exact) mass is 302 g/mol. The molecule has 0 amide bonds. The summed E-state index contributed by atoms with van der Waals surface area (Å²) in [7, 11) is -1.84. The standard InChI is InChI=1S/C13H26N4O2S/c1-6-13(7-2,8-3)17-20(18,19)12-11(9-14-5)10(4)15-16-12/h14,17H,6-9H2,1-5H3,(H,15,16). The summed E-state index contributed by atoms with van der Waals surface area (Å²) in [5, 5.41) is 9.81. The molecule has 0 aliphatic heterocycles. The van der Waals surface area contributed by atoms with Crippen molar-refractivity contribution in [2.75, 3.05) is 7.05 Å². The van der Waals surface area contributed by atoms with E-state index in [-0.39, 0.29) is 5.03 Å². The second kappa shape index (κ2) is 6.69. The molecule has 3 N–H and O–H groups in total. The highest BCUT2D eigenvalue weighted by atomic mass is 32.2. The van der Waals surface area contributed by atoms with E-state index in [0.29, 0.717) is 12.1 Å². The van der Waals surface area contributed by atoms with E-state index in [9.17, 15) is 8.42 Å². The minimum absolute atomic E-state index is 0.101. The Labute approximate surface area is 121 Å². The highest BCUT2D eigenvalue weighted by molar-refractivity contribution is 7.89. The normalized spacial score (nSPS) is 12.8. The van der Waals surface area contributed by atoms with Crippen LogP contribution in [-0.4, -0.2) is 31.2 Å². The van der Waals surface area contributed by atoms with Gasteiger partial charge in [0.15, 0.2) is 5.03 Å². The second-order valence-electron chi connectivity index (χ2n) is 5.11. The van der Waals surface area contributed by atoms with E-state index < -0.39 is 15.6 Å². The quantitative estimate of drug-likeness (QED) is 0.682. The van der Waals surface area contributed by atoms with Crippen molar-refractivity contribution in [3.8, 4) is 0 Å². The molecule has 0 fully saturated rings. The Morgan fingerprint density at radius 2 is 1.75 bits per heavy atom. The van der Waals surface area contributed by atoms with Gasteiger partial charge in [-0.15, -0.1) is 0 Å². The molecular weight excluding hydrogens is 276 g/mol. The number of aromatic amines is 1. The van der Waals surface area contributed by atoms with Crippen molar-refractivity contribution in [2.45, 2.75) is 64.1 Å². The van der Waals surface area contributed by atoms with Crippen LogP contribution in [-0.2, 0) is 16.6 Å². The number of nitrogens with one attached hydrogen (secondary N) is 3. The van der Waals surface area contributed by atoms with Gasteiger partial charge in [-0.25, -0.2) is 13.1 Å². The molecule has 0 unspecified atom stereocenters. The maximum absolute atomic E-state index is 12.6. The second-order valence-corrected chi connectivity index (χ2v) is 6.71. The Balaban J connectivity index is 3.17. The van der Waals surface area contributed by atoms with E-state index >= 15 is 0 Å². The van der Waals surface area contributed by atoms with Crippen molar-refractivity contribution in [1.82, 2.24) is 20.2 Å². The van der Waals surface area contributed by atoms with Gasteiger partial charge in [0.25, 0.3) is 10.0 Å². The molecule has 0 aromatic carbocycles. The van der Waals surface area contributed by atoms with Gasteiger partial charge in [0, 0.05) is 23.3 Å². The fraction of sp³-hybridized carbons (Fsp3) is 0.769. The summed E-state index contributed by atoms with van der Waals surface area (Å²) in [6, 6.07) is 0. The molecule has 1 rings (SSSR count). The Hall–Kier alpha value is -0.920. The Bertz CT molecular complexity index is 524. The van der Waals surface area contributed by atoms with Crippen molar-refractivity contribution in [3.05, 3.63) is 11.3 Å². The average molecular weight is 302 g/mol. The molecule has 1 heterocycles. The van der Waals surface area contributed by atoms with Gasteiger partial charge >= 0.3 is 0 Å². The predicted octanol–water partition coefficient (Wildman–Crippen LogP) is 1.68. The third-order valence-corrected chi connectivity index (χ3v) is 5.57. The molecule has 0 spiro atoms. The zero-order valence-electron chi connectivity index (χ0n) is 13.0. The van der Waals surface area contributed by atoms with Crippen LogP contribution < -0.4 is 10.0 Å². The number of aryl methyl sites for hydroxylation is 1. The van der Waals surface area contributed by atoms with Crippen LogP contribution in [0.3, 0.4) is 0 Å². The lowest BCUT2D eigenvalue weighted by Gasteiger charge is -2.31. The molecule has 0 radical (unpaired) electrons. The van der Waals surface area contributed by atoms with Crippen molar-refractivity contribution >= 4 is 10.0 Å². The van der Waals surface area contributed by atoms with Crippen LogP contribution >= 0.6 is 0 Å². The van der Waals surface area contributed by atoms with Gasteiger partial charge in [-0.1, -0.05) is 20.8 Å². The first kappa shape index (κ1) is 17.1. The van der Waals surface area contributed by atoms with Gasteiger partial charge in [0.1, 0.15) is 0 Å². The third kappa shape index (κ3) is 3.39. The number of H-pyrrole nitrogens is 1. The summed E-state index contributed by atoms with van der Waals surface area (Å²) in [5.41, 5.74) is 1.06. The first-order chi connectivity index (χ1) is 9.35. The number of rotatable bonds is 8. The summed E-state index contributed by atoms with van der Waals surface area (Å²) in [4.78, 5) is 0. The zero-order chi connectivity index (χ0) is 15.4. The van der Waals surface area contributed by atoms with Gasteiger partial charge in [-0.3, -0.25) is 5.10 Å².